The lowest BCUT2D eigenvalue weighted by Crippen LogP contribution is -2.54. The van der Waals surface area contributed by atoms with Crippen molar-refractivity contribution in [3.63, 3.8) is 0 Å². The lowest BCUT2D eigenvalue weighted by molar-refractivity contribution is -0.0866. The van der Waals surface area contributed by atoms with Gasteiger partial charge in [0.2, 0.25) is 0 Å². The normalized spacial score (nSPS) is 18.1. The molecule has 5 rings (SSSR count). The number of likely N-dealkylation sites (tertiary alicyclic amines) is 1. The van der Waals surface area contributed by atoms with Crippen molar-refractivity contribution in [2.45, 2.75) is 58.2 Å². The summed E-state index contributed by atoms with van der Waals surface area (Å²) in [6.45, 7) is 7.66. The van der Waals surface area contributed by atoms with Crippen LogP contribution < -0.4 is 0 Å². The van der Waals surface area contributed by atoms with E-state index >= 15 is 0 Å². The highest BCUT2D eigenvalue weighted by molar-refractivity contribution is 5.79. The van der Waals surface area contributed by atoms with Crippen LogP contribution in [0.4, 0.5) is 9.59 Å². The summed E-state index contributed by atoms with van der Waals surface area (Å²) in [6, 6.07) is 16.7. The molecule has 2 amide bonds. The molecule has 1 heterocycles. The second-order valence-corrected chi connectivity index (χ2v) is 10.4. The molecular formula is C27H32N2O4. The van der Waals surface area contributed by atoms with Gasteiger partial charge < -0.3 is 14.4 Å². The second kappa shape index (κ2) is 8.40. The highest BCUT2D eigenvalue weighted by Gasteiger charge is 2.46. The Morgan fingerprint density at radius 1 is 1.00 bits per heavy atom. The van der Waals surface area contributed by atoms with Crippen molar-refractivity contribution < 1.29 is 19.1 Å². The molecule has 2 aliphatic carbocycles. The number of nitrogens with zero attached hydrogens (tertiary/aromatic N) is 2. The number of hydrogen-bond acceptors (Lipinski definition) is 4. The van der Waals surface area contributed by atoms with E-state index in [0.29, 0.717) is 13.1 Å². The number of ether oxygens (including phenoxy) is 2. The lowest BCUT2D eigenvalue weighted by Gasteiger charge is -2.41. The molecule has 6 nitrogen and oxygen atoms in total. The molecule has 2 aromatic carbocycles. The van der Waals surface area contributed by atoms with E-state index in [1.165, 1.54) is 22.3 Å². The molecule has 1 aliphatic heterocycles. The predicted octanol–water partition coefficient (Wildman–Crippen LogP) is 5.61. The zero-order valence-electron chi connectivity index (χ0n) is 19.6. The van der Waals surface area contributed by atoms with Gasteiger partial charge in [-0.1, -0.05) is 69.3 Å². The molecule has 0 bridgehead atoms. The Labute approximate surface area is 195 Å². The fourth-order valence-corrected chi connectivity index (χ4v) is 4.78. The van der Waals surface area contributed by atoms with E-state index in [4.69, 9.17) is 9.47 Å². The first-order chi connectivity index (χ1) is 15.8. The van der Waals surface area contributed by atoms with Gasteiger partial charge in [-0.2, -0.15) is 0 Å². The molecule has 1 unspecified atom stereocenters. The number of amides is 2. The van der Waals surface area contributed by atoms with Gasteiger partial charge in [0.05, 0.1) is 0 Å². The van der Waals surface area contributed by atoms with Crippen molar-refractivity contribution in [3.8, 4) is 11.1 Å². The molecule has 0 spiro atoms. The van der Waals surface area contributed by atoms with Crippen molar-refractivity contribution in [1.29, 1.82) is 0 Å². The van der Waals surface area contributed by atoms with E-state index in [9.17, 15) is 9.59 Å². The Morgan fingerprint density at radius 2 is 1.58 bits per heavy atom. The highest BCUT2D eigenvalue weighted by Crippen LogP contribution is 2.45. The molecule has 2 aromatic rings. The van der Waals surface area contributed by atoms with Gasteiger partial charge in [-0.25, -0.2) is 9.59 Å². The smallest absolute Gasteiger partial charge is 0.412 e. The largest absolute Gasteiger partial charge is 0.448 e. The SMILES string of the molecule is CC(C)(C)C(OC(=O)N1CCC1)N(C(=O)OCC1c2ccccc2-c2ccccc21)C1CC1. The van der Waals surface area contributed by atoms with Gasteiger partial charge in [0.1, 0.15) is 6.61 Å². The summed E-state index contributed by atoms with van der Waals surface area (Å²) in [5.41, 5.74) is 4.32. The van der Waals surface area contributed by atoms with Crippen LogP contribution in [0.2, 0.25) is 0 Å². The lowest BCUT2D eigenvalue weighted by atomic mass is 9.93. The summed E-state index contributed by atoms with van der Waals surface area (Å²) >= 11 is 0. The van der Waals surface area contributed by atoms with Crippen molar-refractivity contribution in [2.75, 3.05) is 19.7 Å². The number of carbonyl (C=O) groups excluding carboxylic acids is 2. The number of carbonyl (C=O) groups is 2. The molecule has 3 aliphatic rings. The van der Waals surface area contributed by atoms with Gasteiger partial charge in [-0.15, -0.1) is 0 Å². The molecule has 0 aromatic heterocycles. The molecular weight excluding hydrogens is 416 g/mol. The summed E-state index contributed by atoms with van der Waals surface area (Å²) in [7, 11) is 0. The van der Waals surface area contributed by atoms with E-state index < -0.39 is 17.7 Å². The maximum Gasteiger partial charge on any atom is 0.412 e. The van der Waals surface area contributed by atoms with Crippen LogP contribution in [0.3, 0.4) is 0 Å². The first-order valence-corrected chi connectivity index (χ1v) is 11.9. The third-order valence-corrected chi connectivity index (χ3v) is 6.81. The summed E-state index contributed by atoms with van der Waals surface area (Å²) < 4.78 is 11.8. The zero-order chi connectivity index (χ0) is 23.2. The molecule has 2 fully saturated rings. The maximum atomic E-state index is 13.4. The average molecular weight is 449 g/mol. The first kappa shape index (κ1) is 21.8. The molecule has 174 valence electrons. The quantitative estimate of drug-likeness (QED) is 0.558. The zero-order valence-corrected chi connectivity index (χ0v) is 19.6. The van der Waals surface area contributed by atoms with Gasteiger partial charge in [-0.3, -0.25) is 4.90 Å². The Balaban J connectivity index is 1.34. The Morgan fingerprint density at radius 3 is 2.06 bits per heavy atom. The average Bonchev–Trinajstić information content (AvgIpc) is 3.52. The Kier molecular flexibility index (Phi) is 5.55. The van der Waals surface area contributed by atoms with Crippen LogP contribution >= 0.6 is 0 Å². The van der Waals surface area contributed by atoms with Crippen LogP contribution in [0.15, 0.2) is 48.5 Å². The van der Waals surface area contributed by atoms with Crippen molar-refractivity contribution in [2.24, 2.45) is 5.41 Å². The van der Waals surface area contributed by atoms with E-state index in [1.807, 2.05) is 45.0 Å². The fourth-order valence-electron chi connectivity index (χ4n) is 4.78. The summed E-state index contributed by atoms with van der Waals surface area (Å²) in [5.74, 6) is -0.000808. The Hall–Kier alpha value is -3.02. The Bertz CT molecular complexity index is 1010. The monoisotopic (exact) mass is 448 g/mol. The van der Waals surface area contributed by atoms with Crippen LogP contribution in [-0.4, -0.2) is 54.0 Å². The number of fused-ring (bicyclic) bond motifs is 3. The molecule has 0 N–H and O–H groups in total. The van der Waals surface area contributed by atoms with Crippen molar-refractivity contribution >= 4 is 12.2 Å². The van der Waals surface area contributed by atoms with Crippen LogP contribution in [0.5, 0.6) is 0 Å². The van der Waals surface area contributed by atoms with Gasteiger partial charge in [0.25, 0.3) is 0 Å². The topological polar surface area (TPSA) is 59.1 Å². The summed E-state index contributed by atoms with van der Waals surface area (Å²) in [6.07, 6.45) is 1.37. The van der Waals surface area contributed by atoms with E-state index in [0.717, 1.165) is 19.3 Å². The summed E-state index contributed by atoms with van der Waals surface area (Å²) in [4.78, 5) is 29.4. The van der Waals surface area contributed by atoms with Gasteiger partial charge in [-0.05, 0) is 41.5 Å². The second-order valence-electron chi connectivity index (χ2n) is 10.4. The minimum absolute atomic E-state index is 0.000808. The minimum atomic E-state index is -0.672. The van der Waals surface area contributed by atoms with Crippen molar-refractivity contribution in [3.05, 3.63) is 59.7 Å². The van der Waals surface area contributed by atoms with Crippen LogP contribution in [0, 0.1) is 5.41 Å². The van der Waals surface area contributed by atoms with E-state index in [-0.39, 0.29) is 24.7 Å². The number of hydrogen-bond donors (Lipinski definition) is 0. The first-order valence-electron chi connectivity index (χ1n) is 11.9. The molecule has 0 radical (unpaired) electrons. The minimum Gasteiger partial charge on any atom is -0.448 e. The maximum absolute atomic E-state index is 13.4. The van der Waals surface area contributed by atoms with Gasteiger partial charge in [0, 0.05) is 30.5 Å². The summed E-state index contributed by atoms with van der Waals surface area (Å²) in [5, 5.41) is 0. The third kappa shape index (κ3) is 4.19. The van der Waals surface area contributed by atoms with Crippen molar-refractivity contribution in [1.82, 2.24) is 9.80 Å². The van der Waals surface area contributed by atoms with Crippen LogP contribution in [-0.2, 0) is 9.47 Å². The highest BCUT2D eigenvalue weighted by atomic mass is 16.6. The number of benzene rings is 2. The molecule has 1 atom stereocenters. The molecule has 1 saturated carbocycles. The van der Waals surface area contributed by atoms with Crippen LogP contribution in [0.1, 0.15) is 57.1 Å². The third-order valence-electron chi connectivity index (χ3n) is 6.81. The molecule has 6 heteroatoms. The van der Waals surface area contributed by atoms with Gasteiger partial charge >= 0.3 is 12.2 Å². The van der Waals surface area contributed by atoms with E-state index in [1.54, 1.807) is 9.80 Å². The molecule has 33 heavy (non-hydrogen) atoms. The molecule has 1 saturated heterocycles. The van der Waals surface area contributed by atoms with Gasteiger partial charge in [0.15, 0.2) is 6.23 Å². The van der Waals surface area contributed by atoms with Crippen LogP contribution in [0.25, 0.3) is 11.1 Å². The number of rotatable bonds is 5. The fraction of sp³-hybridized carbons (Fsp3) is 0.481. The van der Waals surface area contributed by atoms with E-state index in [2.05, 4.69) is 24.3 Å². The standard InChI is InChI=1S/C27H32N2O4/c1-27(2,3)24(33-25(30)28-15-8-16-28)29(18-13-14-18)26(31)32-17-23-21-11-6-4-9-19(21)20-10-5-7-12-22(20)23/h4-7,9-12,18,23-24H,8,13-17H2,1-3H3. The predicted molar refractivity (Wildman–Crippen MR) is 126 cm³/mol.